The summed E-state index contributed by atoms with van der Waals surface area (Å²) in [6.45, 7) is 5.83. The first-order chi connectivity index (χ1) is 10.2. The van der Waals surface area contributed by atoms with Crippen molar-refractivity contribution in [2.75, 3.05) is 26.2 Å². The number of piperidine rings is 1. The molecule has 1 aliphatic rings. The van der Waals surface area contributed by atoms with Gasteiger partial charge in [-0.25, -0.2) is 4.39 Å². The summed E-state index contributed by atoms with van der Waals surface area (Å²) in [4.78, 5) is 14.4. The number of halogens is 1. The second-order valence-electron chi connectivity index (χ2n) is 5.86. The van der Waals surface area contributed by atoms with Crippen molar-refractivity contribution >= 4 is 5.91 Å². The Morgan fingerprint density at radius 3 is 2.76 bits per heavy atom. The predicted octanol–water partition coefficient (Wildman–Crippen LogP) is 2.61. The van der Waals surface area contributed by atoms with Crippen LogP contribution in [0.5, 0.6) is 0 Å². The lowest BCUT2D eigenvalue weighted by atomic mass is 9.98. The Hall–Kier alpha value is -1.42. The van der Waals surface area contributed by atoms with Crippen molar-refractivity contribution in [3.05, 3.63) is 35.6 Å². The molecule has 21 heavy (non-hydrogen) atoms. The number of rotatable bonds is 6. The average Bonchev–Trinajstić information content (AvgIpc) is 2.50. The van der Waals surface area contributed by atoms with Crippen LogP contribution in [0.3, 0.4) is 0 Å². The van der Waals surface area contributed by atoms with Crippen LogP contribution >= 0.6 is 0 Å². The molecule has 0 bridgehead atoms. The Morgan fingerprint density at radius 2 is 2.14 bits per heavy atom. The Balaban J connectivity index is 1.92. The third-order valence-electron chi connectivity index (χ3n) is 3.99. The van der Waals surface area contributed by atoms with E-state index in [9.17, 15) is 9.18 Å². The molecule has 1 fully saturated rings. The average molecular weight is 292 g/mol. The SMILES string of the molecule is CCCN(CC1CCCNC1)C(=O)Cc1ccc(F)cc1. The maximum atomic E-state index is 12.9. The highest BCUT2D eigenvalue weighted by atomic mass is 19.1. The van der Waals surface area contributed by atoms with Crippen molar-refractivity contribution in [1.29, 1.82) is 0 Å². The molecule has 0 aliphatic carbocycles. The molecular weight excluding hydrogens is 267 g/mol. The van der Waals surface area contributed by atoms with Gasteiger partial charge in [0.1, 0.15) is 5.82 Å². The molecule has 0 spiro atoms. The Bertz CT molecular complexity index is 441. The van der Waals surface area contributed by atoms with Crippen molar-refractivity contribution in [1.82, 2.24) is 10.2 Å². The number of nitrogens with one attached hydrogen (secondary N) is 1. The minimum Gasteiger partial charge on any atom is -0.342 e. The second kappa shape index (κ2) is 8.13. The summed E-state index contributed by atoms with van der Waals surface area (Å²) in [5.41, 5.74) is 0.879. The lowest BCUT2D eigenvalue weighted by molar-refractivity contribution is -0.131. The monoisotopic (exact) mass is 292 g/mol. The molecule has 116 valence electrons. The van der Waals surface area contributed by atoms with Crippen LogP contribution in [-0.2, 0) is 11.2 Å². The fraction of sp³-hybridized carbons (Fsp3) is 0.588. The van der Waals surface area contributed by atoms with Crippen molar-refractivity contribution in [2.24, 2.45) is 5.92 Å². The van der Waals surface area contributed by atoms with Crippen LogP contribution in [0.1, 0.15) is 31.7 Å². The topological polar surface area (TPSA) is 32.3 Å². The summed E-state index contributed by atoms with van der Waals surface area (Å²) < 4.78 is 12.9. The number of carbonyl (C=O) groups is 1. The highest BCUT2D eigenvalue weighted by Crippen LogP contribution is 2.13. The number of hydrogen-bond donors (Lipinski definition) is 1. The van der Waals surface area contributed by atoms with Gasteiger partial charge in [-0.1, -0.05) is 19.1 Å². The number of benzene rings is 1. The van der Waals surface area contributed by atoms with Crippen LogP contribution in [0, 0.1) is 11.7 Å². The van der Waals surface area contributed by atoms with E-state index in [1.54, 1.807) is 12.1 Å². The zero-order valence-corrected chi connectivity index (χ0v) is 12.8. The minimum atomic E-state index is -0.259. The van der Waals surface area contributed by atoms with Crippen LogP contribution in [0.2, 0.25) is 0 Å². The zero-order valence-electron chi connectivity index (χ0n) is 12.8. The van der Waals surface area contributed by atoms with Gasteiger partial charge in [-0.05, 0) is 56.0 Å². The van der Waals surface area contributed by atoms with Crippen molar-refractivity contribution in [2.45, 2.75) is 32.6 Å². The third kappa shape index (κ3) is 5.12. The standard InChI is InChI=1S/C17H25FN2O/c1-2-10-20(13-15-4-3-9-19-12-15)17(21)11-14-5-7-16(18)8-6-14/h5-8,15,19H,2-4,9-13H2,1H3. The quantitative estimate of drug-likeness (QED) is 0.874. The van der Waals surface area contributed by atoms with Gasteiger partial charge < -0.3 is 10.2 Å². The van der Waals surface area contributed by atoms with E-state index in [0.717, 1.165) is 38.2 Å². The van der Waals surface area contributed by atoms with Crippen LogP contribution in [0.15, 0.2) is 24.3 Å². The Morgan fingerprint density at radius 1 is 1.38 bits per heavy atom. The second-order valence-corrected chi connectivity index (χ2v) is 5.86. The normalized spacial score (nSPS) is 18.5. The Kier molecular flexibility index (Phi) is 6.18. The summed E-state index contributed by atoms with van der Waals surface area (Å²) in [5.74, 6) is 0.446. The number of nitrogens with zero attached hydrogens (tertiary/aromatic N) is 1. The van der Waals surface area contributed by atoms with Crippen LogP contribution in [0.25, 0.3) is 0 Å². The molecule has 1 aromatic rings. The van der Waals surface area contributed by atoms with E-state index in [4.69, 9.17) is 0 Å². The molecule has 1 atom stereocenters. The fourth-order valence-electron chi connectivity index (χ4n) is 2.87. The summed E-state index contributed by atoms with van der Waals surface area (Å²) in [6.07, 6.45) is 3.71. The molecular formula is C17H25FN2O. The third-order valence-corrected chi connectivity index (χ3v) is 3.99. The summed E-state index contributed by atoms with van der Waals surface area (Å²) in [6, 6.07) is 6.22. The number of carbonyl (C=O) groups excluding carboxylic acids is 1. The summed E-state index contributed by atoms with van der Waals surface area (Å²) >= 11 is 0. The van der Waals surface area contributed by atoms with Gasteiger partial charge in [-0.3, -0.25) is 4.79 Å². The van der Waals surface area contributed by atoms with Crippen LogP contribution in [-0.4, -0.2) is 37.0 Å². The molecule has 3 nitrogen and oxygen atoms in total. The van der Waals surface area contributed by atoms with Crippen molar-refractivity contribution in [3.8, 4) is 0 Å². The van der Waals surface area contributed by atoms with Crippen LogP contribution < -0.4 is 5.32 Å². The van der Waals surface area contributed by atoms with E-state index in [-0.39, 0.29) is 11.7 Å². The molecule has 1 N–H and O–H groups in total. The van der Waals surface area contributed by atoms with E-state index in [1.165, 1.54) is 25.0 Å². The van der Waals surface area contributed by atoms with Gasteiger partial charge in [0.2, 0.25) is 5.91 Å². The van der Waals surface area contributed by atoms with Gasteiger partial charge in [0.05, 0.1) is 6.42 Å². The number of hydrogen-bond acceptors (Lipinski definition) is 2. The van der Waals surface area contributed by atoms with E-state index < -0.39 is 0 Å². The van der Waals surface area contributed by atoms with Gasteiger partial charge in [-0.2, -0.15) is 0 Å². The molecule has 1 amide bonds. The first kappa shape index (κ1) is 16.0. The van der Waals surface area contributed by atoms with Gasteiger partial charge in [0, 0.05) is 13.1 Å². The van der Waals surface area contributed by atoms with Crippen molar-refractivity contribution in [3.63, 3.8) is 0 Å². The fourth-order valence-corrected chi connectivity index (χ4v) is 2.87. The van der Waals surface area contributed by atoms with E-state index in [2.05, 4.69) is 12.2 Å². The molecule has 0 saturated carbocycles. The minimum absolute atomic E-state index is 0.147. The van der Waals surface area contributed by atoms with E-state index in [1.807, 2.05) is 4.90 Å². The number of amides is 1. The predicted molar refractivity (Wildman–Crippen MR) is 82.6 cm³/mol. The van der Waals surface area contributed by atoms with E-state index >= 15 is 0 Å². The van der Waals surface area contributed by atoms with Crippen molar-refractivity contribution < 1.29 is 9.18 Å². The molecule has 0 radical (unpaired) electrons. The maximum absolute atomic E-state index is 12.9. The molecule has 0 aromatic heterocycles. The molecule has 1 heterocycles. The highest BCUT2D eigenvalue weighted by Gasteiger charge is 2.20. The first-order valence-corrected chi connectivity index (χ1v) is 7.92. The molecule has 1 aromatic carbocycles. The summed E-state index contributed by atoms with van der Waals surface area (Å²) in [7, 11) is 0. The molecule has 2 rings (SSSR count). The van der Waals surface area contributed by atoms with Gasteiger partial charge in [0.15, 0.2) is 0 Å². The molecule has 1 unspecified atom stereocenters. The molecule has 1 saturated heterocycles. The Labute approximate surface area is 126 Å². The smallest absolute Gasteiger partial charge is 0.226 e. The largest absolute Gasteiger partial charge is 0.342 e. The van der Waals surface area contributed by atoms with E-state index in [0.29, 0.717) is 12.3 Å². The van der Waals surface area contributed by atoms with Crippen LogP contribution in [0.4, 0.5) is 4.39 Å². The molecule has 1 aliphatic heterocycles. The zero-order chi connectivity index (χ0) is 15.1. The van der Waals surface area contributed by atoms with Gasteiger partial charge in [-0.15, -0.1) is 0 Å². The van der Waals surface area contributed by atoms with Gasteiger partial charge in [0.25, 0.3) is 0 Å². The van der Waals surface area contributed by atoms with Gasteiger partial charge >= 0.3 is 0 Å². The molecule has 4 heteroatoms. The summed E-state index contributed by atoms with van der Waals surface area (Å²) in [5, 5.41) is 3.40. The lowest BCUT2D eigenvalue weighted by Crippen LogP contribution is -2.42. The lowest BCUT2D eigenvalue weighted by Gasteiger charge is -2.30. The highest BCUT2D eigenvalue weighted by molar-refractivity contribution is 5.78. The first-order valence-electron chi connectivity index (χ1n) is 7.92. The maximum Gasteiger partial charge on any atom is 0.226 e.